The van der Waals surface area contributed by atoms with Crippen LogP contribution in [0.25, 0.3) is 0 Å². The normalized spacial score (nSPS) is 17.2. The number of hydrogen-bond acceptors (Lipinski definition) is 5. The molecule has 7 nitrogen and oxygen atoms in total. The minimum absolute atomic E-state index is 0.152. The van der Waals surface area contributed by atoms with E-state index in [4.69, 9.17) is 9.47 Å². The second kappa shape index (κ2) is 9.39. The van der Waals surface area contributed by atoms with E-state index in [0.29, 0.717) is 54.4 Å². The predicted molar refractivity (Wildman–Crippen MR) is 125 cm³/mol. The fourth-order valence-corrected chi connectivity index (χ4v) is 4.26. The van der Waals surface area contributed by atoms with E-state index in [0.717, 1.165) is 0 Å². The number of ketones is 1. The van der Waals surface area contributed by atoms with Crippen LogP contribution in [0.3, 0.4) is 0 Å². The average molecular weight is 456 g/mol. The molecule has 2 heterocycles. The smallest absolute Gasteiger partial charge is 0.267 e. The van der Waals surface area contributed by atoms with Gasteiger partial charge in [0, 0.05) is 37.3 Å². The molecule has 0 radical (unpaired) electrons. The first-order chi connectivity index (χ1) is 16.6. The van der Waals surface area contributed by atoms with Crippen molar-refractivity contribution >= 4 is 17.6 Å². The van der Waals surface area contributed by atoms with Gasteiger partial charge in [-0.2, -0.15) is 0 Å². The molecule has 3 aromatic carbocycles. The van der Waals surface area contributed by atoms with Gasteiger partial charge in [-0.1, -0.05) is 60.7 Å². The zero-order valence-electron chi connectivity index (χ0n) is 18.6. The molecule has 0 bridgehead atoms. The van der Waals surface area contributed by atoms with Crippen LogP contribution < -0.4 is 9.47 Å². The minimum atomic E-state index is -0.707. The Labute approximate surface area is 197 Å². The summed E-state index contributed by atoms with van der Waals surface area (Å²) < 4.78 is 11.5. The number of amides is 2. The first-order valence-electron chi connectivity index (χ1n) is 11.3. The van der Waals surface area contributed by atoms with Crippen LogP contribution in [0, 0.1) is 0 Å². The molecule has 0 saturated carbocycles. The van der Waals surface area contributed by atoms with E-state index < -0.39 is 6.10 Å². The fourth-order valence-electron chi connectivity index (χ4n) is 4.26. The van der Waals surface area contributed by atoms with Gasteiger partial charge in [0.05, 0.1) is 5.56 Å². The van der Waals surface area contributed by atoms with Gasteiger partial charge in [0.25, 0.3) is 11.8 Å². The highest BCUT2D eigenvalue weighted by Gasteiger charge is 2.34. The highest BCUT2D eigenvalue weighted by atomic mass is 16.6. The molecule has 1 atom stereocenters. The Morgan fingerprint density at radius 3 is 2.00 bits per heavy atom. The lowest BCUT2D eigenvalue weighted by Crippen LogP contribution is -2.55. The van der Waals surface area contributed by atoms with Crippen LogP contribution in [-0.4, -0.2) is 66.3 Å². The summed E-state index contributed by atoms with van der Waals surface area (Å²) in [6.45, 7) is 1.69. The van der Waals surface area contributed by atoms with Crippen LogP contribution >= 0.6 is 0 Å². The summed E-state index contributed by atoms with van der Waals surface area (Å²) in [5, 5.41) is 0. The number of hydrogen-bond donors (Lipinski definition) is 0. The average Bonchev–Trinajstić information content (AvgIpc) is 2.92. The van der Waals surface area contributed by atoms with Crippen LogP contribution in [0.4, 0.5) is 0 Å². The van der Waals surface area contributed by atoms with Gasteiger partial charge in [0.1, 0.15) is 6.61 Å². The SMILES string of the molecule is O=C(c1ccccc1)c1ccccc1C(=O)N1CCN(C(=O)C2COc3ccccc3O2)CC1. The number of para-hydroxylation sites is 2. The van der Waals surface area contributed by atoms with Gasteiger partial charge < -0.3 is 19.3 Å². The number of fused-ring (bicyclic) bond motifs is 1. The summed E-state index contributed by atoms with van der Waals surface area (Å²) in [6.07, 6.45) is -0.707. The van der Waals surface area contributed by atoms with Gasteiger partial charge in [0.15, 0.2) is 17.3 Å². The lowest BCUT2D eigenvalue weighted by molar-refractivity contribution is -0.142. The van der Waals surface area contributed by atoms with Crippen molar-refractivity contribution in [2.75, 3.05) is 32.8 Å². The Morgan fingerprint density at radius 2 is 1.26 bits per heavy atom. The van der Waals surface area contributed by atoms with E-state index in [1.54, 1.807) is 70.5 Å². The molecule has 0 aliphatic carbocycles. The summed E-state index contributed by atoms with van der Waals surface area (Å²) in [7, 11) is 0. The Balaban J connectivity index is 1.24. The fraction of sp³-hybridized carbons (Fsp3) is 0.222. The van der Waals surface area contributed by atoms with Crippen LogP contribution in [0.1, 0.15) is 26.3 Å². The maximum Gasteiger partial charge on any atom is 0.267 e. The second-order valence-corrected chi connectivity index (χ2v) is 8.22. The summed E-state index contributed by atoms with van der Waals surface area (Å²) >= 11 is 0. The lowest BCUT2D eigenvalue weighted by atomic mass is 9.97. The molecule has 5 rings (SSSR count). The van der Waals surface area contributed by atoms with Crippen molar-refractivity contribution in [3.8, 4) is 11.5 Å². The van der Waals surface area contributed by atoms with E-state index in [2.05, 4.69) is 0 Å². The maximum absolute atomic E-state index is 13.3. The van der Waals surface area contributed by atoms with Crippen molar-refractivity contribution in [2.45, 2.75) is 6.10 Å². The van der Waals surface area contributed by atoms with E-state index >= 15 is 0 Å². The third kappa shape index (κ3) is 4.24. The van der Waals surface area contributed by atoms with Gasteiger partial charge >= 0.3 is 0 Å². The first-order valence-corrected chi connectivity index (χ1v) is 11.3. The zero-order chi connectivity index (χ0) is 23.5. The van der Waals surface area contributed by atoms with E-state index in [1.165, 1.54) is 0 Å². The van der Waals surface area contributed by atoms with Crippen molar-refractivity contribution in [1.29, 1.82) is 0 Å². The van der Waals surface area contributed by atoms with Gasteiger partial charge in [0.2, 0.25) is 6.10 Å². The molecule has 2 aliphatic heterocycles. The Kier molecular flexibility index (Phi) is 5.99. The van der Waals surface area contributed by atoms with Crippen molar-refractivity contribution in [1.82, 2.24) is 9.80 Å². The molecule has 1 fully saturated rings. The monoisotopic (exact) mass is 456 g/mol. The maximum atomic E-state index is 13.3. The van der Waals surface area contributed by atoms with E-state index in [9.17, 15) is 14.4 Å². The van der Waals surface area contributed by atoms with Crippen LogP contribution in [-0.2, 0) is 4.79 Å². The third-order valence-corrected chi connectivity index (χ3v) is 6.10. The summed E-state index contributed by atoms with van der Waals surface area (Å²) in [5.41, 5.74) is 1.29. The number of nitrogens with zero attached hydrogens (tertiary/aromatic N) is 2. The molecule has 0 N–H and O–H groups in total. The molecule has 172 valence electrons. The molecule has 34 heavy (non-hydrogen) atoms. The number of rotatable bonds is 4. The second-order valence-electron chi connectivity index (χ2n) is 8.22. The number of piperazine rings is 1. The zero-order valence-corrected chi connectivity index (χ0v) is 18.6. The molecule has 1 saturated heterocycles. The molecule has 1 unspecified atom stereocenters. The highest BCUT2D eigenvalue weighted by Crippen LogP contribution is 2.31. The summed E-state index contributed by atoms with van der Waals surface area (Å²) in [5.74, 6) is 0.638. The molecule has 3 aromatic rings. The van der Waals surface area contributed by atoms with Crippen LogP contribution in [0.15, 0.2) is 78.9 Å². The largest absolute Gasteiger partial charge is 0.485 e. The Bertz CT molecular complexity index is 1220. The molecular weight excluding hydrogens is 432 g/mol. The number of carbonyl (C=O) groups is 3. The molecule has 7 heteroatoms. The summed E-state index contributed by atoms with van der Waals surface area (Å²) in [4.78, 5) is 42.7. The Morgan fingerprint density at radius 1 is 0.676 bits per heavy atom. The third-order valence-electron chi connectivity index (χ3n) is 6.10. The Hall–Kier alpha value is -4.13. The van der Waals surface area contributed by atoms with Crippen molar-refractivity contribution in [3.63, 3.8) is 0 Å². The standard InChI is InChI=1S/C27H24N2O5/c30-25(19-8-2-1-3-9-19)20-10-4-5-11-21(20)26(31)28-14-16-29(17-15-28)27(32)24-18-33-22-12-6-7-13-23(22)34-24/h1-13,24H,14-18H2. The summed E-state index contributed by atoms with van der Waals surface area (Å²) in [6, 6.07) is 23.1. The minimum Gasteiger partial charge on any atom is -0.485 e. The number of carbonyl (C=O) groups excluding carboxylic acids is 3. The molecule has 0 spiro atoms. The topological polar surface area (TPSA) is 76.2 Å². The van der Waals surface area contributed by atoms with Gasteiger partial charge in [-0.05, 0) is 18.2 Å². The van der Waals surface area contributed by atoms with Gasteiger partial charge in [-0.15, -0.1) is 0 Å². The molecule has 0 aromatic heterocycles. The van der Waals surface area contributed by atoms with Crippen molar-refractivity contribution in [2.24, 2.45) is 0 Å². The van der Waals surface area contributed by atoms with Crippen LogP contribution in [0.5, 0.6) is 11.5 Å². The quantitative estimate of drug-likeness (QED) is 0.564. The highest BCUT2D eigenvalue weighted by molar-refractivity contribution is 6.15. The molecule has 2 aliphatic rings. The van der Waals surface area contributed by atoms with Gasteiger partial charge in [-0.25, -0.2) is 0 Å². The van der Waals surface area contributed by atoms with Crippen molar-refractivity contribution in [3.05, 3.63) is 95.6 Å². The van der Waals surface area contributed by atoms with Crippen LogP contribution in [0.2, 0.25) is 0 Å². The number of ether oxygens (including phenoxy) is 2. The first kappa shape index (κ1) is 21.7. The predicted octanol–water partition coefficient (Wildman–Crippen LogP) is 3.04. The van der Waals surface area contributed by atoms with E-state index in [-0.39, 0.29) is 24.2 Å². The molecule has 2 amide bonds. The molecular formula is C27H24N2O5. The lowest BCUT2D eigenvalue weighted by Gasteiger charge is -2.37. The van der Waals surface area contributed by atoms with E-state index in [1.807, 2.05) is 18.2 Å². The van der Waals surface area contributed by atoms with Gasteiger partial charge in [-0.3, -0.25) is 14.4 Å². The van der Waals surface area contributed by atoms with Crippen molar-refractivity contribution < 1.29 is 23.9 Å². The number of benzene rings is 3.